The van der Waals surface area contributed by atoms with Crippen molar-refractivity contribution in [1.82, 2.24) is 0 Å². The van der Waals surface area contributed by atoms with Gasteiger partial charge in [0.25, 0.3) is 0 Å². The molecule has 1 atom stereocenters. The Hall–Kier alpha value is -2.03. The van der Waals surface area contributed by atoms with E-state index in [0.717, 1.165) is 6.42 Å². The maximum absolute atomic E-state index is 13.0. The first-order valence-corrected chi connectivity index (χ1v) is 6.04. The second-order valence-corrected chi connectivity index (χ2v) is 4.47. The maximum atomic E-state index is 13.0. The number of anilines is 1. The summed E-state index contributed by atoms with van der Waals surface area (Å²) < 4.78 is 18.6. The Bertz CT molecular complexity index is 531. The van der Waals surface area contributed by atoms with E-state index in [1.807, 2.05) is 12.1 Å². The molecule has 0 saturated carbocycles. The van der Waals surface area contributed by atoms with Gasteiger partial charge in [-0.3, -0.25) is 0 Å². The molecule has 3 heteroatoms. The highest BCUT2D eigenvalue weighted by Crippen LogP contribution is 2.25. The van der Waals surface area contributed by atoms with Crippen LogP contribution in [0.4, 0.5) is 10.1 Å². The Morgan fingerprint density at radius 3 is 2.89 bits per heavy atom. The van der Waals surface area contributed by atoms with Gasteiger partial charge in [-0.1, -0.05) is 24.3 Å². The van der Waals surface area contributed by atoms with Gasteiger partial charge in [-0.25, -0.2) is 4.39 Å². The molecule has 18 heavy (non-hydrogen) atoms. The third-order valence-corrected chi connectivity index (χ3v) is 3.09. The molecule has 3 rings (SSSR count). The summed E-state index contributed by atoms with van der Waals surface area (Å²) in [5, 5.41) is 3.40. The van der Waals surface area contributed by atoms with E-state index in [9.17, 15) is 4.39 Å². The molecule has 2 aromatic rings. The average Bonchev–Trinajstić information content (AvgIpc) is 2.79. The van der Waals surface area contributed by atoms with E-state index in [1.165, 1.54) is 23.4 Å². The molecule has 0 spiro atoms. The van der Waals surface area contributed by atoms with Crippen LogP contribution in [0.3, 0.4) is 0 Å². The number of ether oxygens (including phenoxy) is 1. The molecule has 92 valence electrons. The first kappa shape index (κ1) is 11.1. The van der Waals surface area contributed by atoms with E-state index in [4.69, 9.17) is 4.74 Å². The first-order chi connectivity index (χ1) is 8.81. The fourth-order valence-corrected chi connectivity index (χ4v) is 2.23. The van der Waals surface area contributed by atoms with Crippen molar-refractivity contribution in [3.8, 4) is 5.75 Å². The quantitative estimate of drug-likeness (QED) is 0.893. The SMILES string of the molecule is Fc1cccc(OCC2Cc3ccccc3N2)c1. The molecule has 0 bridgehead atoms. The molecule has 1 aliphatic heterocycles. The molecule has 0 aromatic heterocycles. The highest BCUT2D eigenvalue weighted by molar-refractivity contribution is 5.56. The Labute approximate surface area is 105 Å². The van der Waals surface area contributed by atoms with E-state index < -0.39 is 0 Å². The maximum Gasteiger partial charge on any atom is 0.126 e. The second kappa shape index (κ2) is 4.69. The van der Waals surface area contributed by atoms with Gasteiger partial charge >= 0.3 is 0 Å². The molecule has 2 nitrogen and oxygen atoms in total. The summed E-state index contributed by atoms with van der Waals surface area (Å²) in [7, 11) is 0. The Balaban J connectivity index is 1.60. The van der Waals surface area contributed by atoms with Gasteiger partial charge in [-0.15, -0.1) is 0 Å². The first-order valence-electron chi connectivity index (χ1n) is 6.04. The monoisotopic (exact) mass is 243 g/mol. The molecule has 2 aromatic carbocycles. The third-order valence-electron chi connectivity index (χ3n) is 3.09. The van der Waals surface area contributed by atoms with Gasteiger partial charge in [0.15, 0.2) is 0 Å². The predicted molar refractivity (Wildman–Crippen MR) is 69.5 cm³/mol. The highest BCUT2D eigenvalue weighted by Gasteiger charge is 2.20. The summed E-state index contributed by atoms with van der Waals surface area (Å²) >= 11 is 0. The van der Waals surface area contributed by atoms with Crippen LogP contribution in [-0.4, -0.2) is 12.6 Å². The number of benzene rings is 2. The van der Waals surface area contributed by atoms with Crippen molar-refractivity contribution in [2.75, 3.05) is 11.9 Å². The summed E-state index contributed by atoms with van der Waals surface area (Å²) in [5.74, 6) is 0.308. The zero-order chi connectivity index (χ0) is 12.4. The van der Waals surface area contributed by atoms with Gasteiger partial charge in [0.05, 0.1) is 6.04 Å². The van der Waals surface area contributed by atoms with Gasteiger partial charge in [-0.05, 0) is 30.2 Å². The molecule has 0 radical (unpaired) electrons. The number of para-hydroxylation sites is 1. The lowest BCUT2D eigenvalue weighted by Gasteiger charge is -2.12. The fraction of sp³-hybridized carbons (Fsp3) is 0.200. The molecule has 1 heterocycles. The predicted octanol–water partition coefficient (Wildman–Crippen LogP) is 3.24. The van der Waals surface area contributed by atoms with Gasteiger partial charge < -0.3 is 10.1 Å². The fourth-order valence-electron chi connectivity index (χ4n) is 2.23. The summed E-state index contributed by atoms with van der Waals surface area (Å²) in [6.45, 7) is 0.540. The largest absolute Gasteiger partial charge is 0.491 e. The average molecular weight is 243 g/mol. The summed E-state index contributed by atoms with van der Waals surface area (Å²) in [6, 6.07) is 14.7. The second-order valence-electron chi connectivity index (χ2n) is 4.47. The normalized spacial score (nSPS) is 17.1. The van der Waals surface area contributed by atoms with Crippen molar-refractivity contribution in [3.05, 3.63) is 59.9 Å². The van der Waals surface area contributed by atoms with Crippen molar-refractivity contribution < 1.29 is 9.13 Å². The topological polar surface area (TPSA) is 21.3 Å². The lowest BCUT2D eigenvalue weighted by atomic mass is 10.1. The van der Waals surface area contributed by atoms with Crippen LogP contribution in [0.15, 0.2) is 48.5 Å². The minimum Gasteiger partial charge on any atom is -0.491 e. The van der Waals surface area contributed by atoms with E-state index in [-0.39, 0.29) is 11.9 Å². The van der Waals surface area contributed by atoms with Crippen molar-refractivity contribution in [3.63, 3.8) is 0 Å². The van der Waals surface area contributed by atoms with Crippen LogP contribution >= 0.6 is 0 Å². The Morgan fingerprint density at radius 1 is 1.17 bits per heavy atom. The number of hydrogen-bond acceptors (Lipinski definition) is 2. The highest BCUT2D eigenvalue weighted by atomic mass is 19.1. The van der Waals surface area contributed by atoms with Crippen LogP contribution in [0.5, 0.6) is 5.75 Å². The van der Waals surface area contributed by atoms with E-state index in [1.54, 1.807) is 12.1 Å². The molecule has 0 saturated heterocycles. The van der Waals surface area contributed by atoms with E-state index in [2.05, 4.69) is 17.4 Å². The lowest BCUT2D eigenvalue weighted by molar-refractivity contribution is 0.298. The van der Waals surface area contributed by atoms with Crippen LogP contribution in [0.25, 0.3) is 0 Å². The van der Waals surface area contributed by atoms with Crippen LogP contribution in [0.2, 0.25) is 0 Å². The number of hydrogen-bond donors (Lipinski definition) is 1. The molecular weight excluding hydrogens is 229 g/mol. The van der Waals surface area contributed by atoms with Crippen molar-refractivity contribution in [1.29, 1.82) is 0 Å². The van der Waals surface area contributed by atoms with Crippen LogP contribution in [0, 0.1) is 5.82 Å². The zero-order valence-electron chi connectivity index (χ0n) is 9.90. The summed E-state index contributed by atoms with van der Waals surface area (Å²) in [6.07, 6.45) is 0.950. The Kier molecular flexibility index (Phi) is 2.89. The van der Waals surface area contributed by atoms with E-state index >= 15 is 0 Å². The molecule has 1 N–H and O–H groups in total. The molecule has 1 aliphatic rings. The van der Waals surface area contributed by atoms with Crippen LogP contribution < -0.4 is 10.1 Å². The Morgan fingerprint density at radius 2 is 2.06 bits per heavy atom. The van der Waals surface area contributed by atoms with Crippen molar-refractivity contribution in [2.45, 2.75) is 12.5 Å². The minimum absolute atomic E-state index is 0.255. The number of fused-ring (bicyclic) bond motifs is 1. The van der Waals surface area contributed by atoms with Crippen LogP contribution in [-0.2, 0) is 6.42 Å². The van der Waals surface area contributed by atoms with Gasteiger partial charge in [0, 0.05) is 11.8 Å². The summed E-state index contributed by atoms with van der Waals surface area (Å²) in [5.41, 5.74) is 2.48. The lowest BCUT2D eigenvalue weighted by Crippen LogP contribution is -2.24. The molecule has 0 amide bonds. The van der Waals surface area contributed by atoms with E-state index in [0.29, 0.717) is 12.4 Å². The number of rotatable bonds is 3. The molecular formula is C15H14FNO. The van der Waals surface area contributed by atoms with Gasteiger partial charge in [0.1, 0.15) is 18.2 Å². The number of halogens is 1. The zero-order valence-corrected chi connectivity index (χ0v) is 9.90. The standard InChI is InChI=1S/C15H14FNO/c16-12-5-3-6-14(9-12)18-10-13-8-11-4-1-2-7-15(11)17-13/h1-7,9,13,17H,8,10H2. The summed E-state index contributed by atoms with van der Waals surface area (Å²) in [4.78, 5) is 0. The molecule has 1 unspecified atom stereocenters. The number of nitrogens with one attached hydrogen (secondary N) is 1. The third kappa shape index (κ3) is 2.30. The molecule has 0 aliphatic carbocycles. The van der Waals surface area contributed by atoms with Crippen LogP contribution in [0.1, 0.15) is 5.56 Å². The van der Waals surface area contributed by atoms with Crippen molar-refractivity contribution in [2.24, 2.45) is 0 Å². The van der Waals surface area contributed by atoms with Gasteiger partial charge in [-0.2, -0.15) is 0 Å². The smallest absolute Gasteiger partial charge is 0.126 e. The molecule has 0 fully saturated rings. The minimum atomic E-state index is -0.268. The van der Waals surface area contributed by atoms with Crippen molar-refractivity contribution >= 4 is 5.69 Å². The van der Waals surface area contributed by atoms with Gasteiger partial charge in [0.2, 0.25) is 0 Å².